The van der Waals surface area contributed by atoms with Crippen molar-refractivity contribution >= 4 is 17.6 Å². The molecular weight excluding hydrogens is 314 g/mol. The Hall–Kier alpha value is -2.54. The Morgan fingerprint density at radius 2 is 2.04 bits per heavy atom. The third kappa shape index (κ3) is 2.50. The molecule has 0 aliphatic carbocycles. The highest BCUT2D eigenvalue weighted by Crippen LogP contribution is 2.47. The second-order valence-electron chi connectivity index (χ2n) is 6.02. The van der Waals surface area contributed by atoms with E-state index >= 15 is 0 Å². The van der Waals surface area contributed by atoms with Crippen LogP contribution in [0.5, 0.6) is 11.5 Å². The van der Waals surface area contributed by atoms with Crippen LogP contribution in [0.25, 0.3) is 0 Å². The fraction of sp³-hybridized carbons (Fsp3) is 0.412. The summed E-state index contributed by atoms with van der Waals surface area (Å²) in [7, 11) is 3.01. The van der Waals surface area contributed by atoms with Gasteiger partial charge in [-0.25, -0.2) is 0 Å². The Morgan fingerprint density at radius 1 is 1.29 bits per heavy atom. The second-order valence-corrected chi connectivity index (χ2v) is 6.02. The summed E-state index contributed by atoms with van der Waals surface area (Å²) in [5.74, 6) is -2.22. The van der Waals surface area contributed by atoms with E-state index in [1.54, 1.807) is 37.3 Å². The van der Waals surface area contributed by atoms with E-state index in [0.717, 1.165) is 0 Å². The van der Waals surface area contributed by atoms with Crippen molar-refractivity contribution in [3.05, 3.63) is 30.4 Å². The summed E-state index contributed by atoms with van der Waals surface area (Å²) in [6, 6.07) is 5.00. The average molecular weight is 333 g/mol. The Morgan fingerprint density at radius 3 is 2.67 bits per heavy atom. The van der Waals surface area contributed by atoms with E-state index in [4.69, 9.17) is 14.2 Å². The zero-order valence-electron chi connectivity index (χ0n) is 13.6. The molecule has 2 aliphatic rings. The van der Waals surface area contributed by atoms with E-state index in [2.05, 4.69) is 5.32 Å². The molecule has 0 unspecified atom stereocenters. The molecule has 1 saturated heterocycles. The van der Waals surface area contributed by atoms with E-state index < -0.39 is 35.4 Å². The third-order valence-electron chi connectivity index (χ3n) is 4.57. The zero-order chi connectivity index (χ0) is 17.5. The first-order valence-corrected chi connectivity index (χ1v) is 7.52. The lowest BCUT2D eigenvalue weighted by molar-refractivity contribution is -0.146. The molecule has 1 aromatic rings. The van der Waals surface area contributed by atoms with Gasteiger partial charge in [0.15, 0.2) is 0 Å². The second kappa shape index (κ2) is 5.83. The van der Waals surface area contributed by atoms with Crippen LogP contribution >= 0.6 is 0 Å². The Labute approximate surface area is 139 Å². The highest BCUT2D eigenvalue weighted by molar-refractivity contribution is 5.98. The van der Waals surface area contributed by atoms with Gasteiger partial charge in [-0.3, -0.25) is 9.59 Å². The van der Waals surface area contributed by atoms with Crippen LogP contribution in [-0.2, 0) is 14.3 Å². The van der Waals surface area contributed by atoms with Gasteiger partial charge in [-0.2, -0.15) is 0 Å². The van der Waals surface area contributed by atoms with Gasteiger partial charge in [0.1, 0.15) is 17.4 Å². The van der Waals surface area contributed by atoms with E-state index in [-0.39, 0.29) is 0 Å². The van der Waals surface area contributed by atoms with Crippen molar-refractivity contribution in [3.63, 3.8) is 0 Å². The van der Waals surface area contributed by atoms with Crippen molar-refractivity contribution in [3.8, 4) is 11.5 Å². The standard InChI is InChI=1S/C17H19NO6/c1-17-7-6-12(24-17)13(16(20)21)14(17)15(19)18-10-8-9(22-2)4-5-11(10)23-3/h4-8,12-14H,1-3H3,(H,18,19)(H,20,21)/t12-,13-,14+,17-/m1/s1. The van der Waals surface area contributed by atoms with E-state index in [1.165, 1.54) is 14.2 Å². The number of carboxylic acid groups (broad SMARTS) is 1. The molecule has 1 amide bonds. The molecule has 2 bridgehead atoms. The number of nitrogens with one attached hydrogen (secondary N) is 1. The van der Waals surface area contributed by atoms with Gasteiger partial charge in [0, 0.05) is 6.07 Å². The molecule has 128 valence electrons. The lowest BCUT2D eigenvalue weighted by Gasteiger charge is -2.28. The van der Waals surface area contributed by atoms with Gasteiger partial charge in [-0.1, -0.05) is 12.2 Å². The highest BCUT2D eigenvalue weighted by atomic mass is 16.5. The number of fused-ring (bicyclic) bond motifs is 2. The summed E-state index contributed by atoms with van der Waals surface area (Å²) in [6.45, 7) is 1.72. The van der Waals surface area contributed by atoms with Crippen molar-refractivity contribution in [1.29, 1.82) is 0 Å². The molecular formula is C17H19NO6. The number of aliphatic carboxylic acids is 1. The number of ether oxygens (including phenoxy) is 3. The largest absolute Gasteiger partial charge is 0.497 e. The number of anilines is 1. The third-order valence-corrected chi connectivity index (χ3v) is 4.57. The number of carbonyl (C=O) groups is 2. The van der Waals surface area contributed by atoms with Crippen LogP contribution in [0, 0.1) is 11.8 Å². The molecule has 1 aromatic carbocycles. The Bertz CT molecular complexity index is 715. The maximum Gasteiger partial charge on any atom is 0.310 e. The summed E-state index contributed by atoms with van der Waals surface area (Å²) in [5, 5.41) is 12.2. The van der Waals surface area contributed by atoms with Crippen LogP contribution in [0.2, 0.25) is 0 Å². The minimum absolute atomic E-state index is 0.418. The number of carbonyl (C=O) groups excluding carboxylic acids is 1. The van der Waals surface area contributed by atoms with Gasteiger partial charge in [0.25, 0.3) is 0 Å². The number of rotatable bonds is 5. The first-order valence-electron chi connectivity index (χ1n) is 7.52. The Kier molecular flexibility index (Phi) is 3.96. The van der Waals surface area contributed by atoms with Crippen molar-refractivity contribution in [2.45, 2.75) is 18.6 Å². The number of hydrogen-bond donors (Lipinski definition) is 2. The van der Waals surface area contributed by atoms with Crippen LogP contribution < -0.4 is 14.8 Å². The van der Waals surface area contributed by atoms with Gasteiger partial charge < -0.3 is 24.6 Å². The van der Waals surface area contributed by atoms with Crippen molar-refractivity contribution in [1.82, 2.24) is 0 Å². The number of benzene rings is 1. The van der Waals surface area contributed by atoms with Crippen LogP contribution in [0.15, 0.2) is 30.4 Å². The first-order chi connectivity index (χ1) is 11.4. The number of methoxy groups -OCH3 is 2. The predicted octanol–water partition coefficient (Wildman–Crippen LogP) is 1.69. The molecule has 7 nitrogen and oxygen atoms in total. The molecule has 0 aromatic heterocycles. The molecule has 2 heterocycles. The summed E-state index contributed by atoms with van der Waals surface area (Å²) < 4.78 is 16.1. The smallest absolute Gasteiger partial charge is 0.310 e. The number of amides is 1. The Balaban J connectivity index is 1.90. The number of hydrogen-bond acceptors (Lipinski definition) is 5. The van der Waals surface area contributed by atoms with Crippen LogP contribution in [0.1, 0.15) is 6.92 Å². The van der Waals surface area contributed by atoms with Gasteiger partial charge in [-0.15, -0.1) is 0 Å². The maximum atomic E-state index is 12.8. The lowest BCUT2D eigenvalue weighted by Crippen LogP contribution is -2.44. The average Bonchev–Trinajstić information content (AvgIpc) is 3.07. The molecule has 0 radical (unpaired) electrons. The zero-order valence-corrected chi connectivity index (χ0v) is 13.6. The molecule has 2 N–H and O–H groups in total. The van der Waals surface area contributed by atoms with E-state index in [1.807, 2.05) is 0 Å². The van der Waals surface area contributed by atoms with Crippen molar-refractivity contribution in [2.75, 3.05) is 19.5 Å². The van der Waals surface area contributed by atoms with Gasteiger partial charge in [-0.05, 0) is 19.1 Å². The molecule has 7 heteroatoms. The summed E-state index contributed by atoms with van der Waals surface area (Å²) >= 11 is 0. The van der Waals surface area contributed by atoms with Crippen LogP contribution in [-0.4, -0.2) is 42.9 Å². The molecule has 4 atom stereocenters. The van der Waals surface area contributed by atoms with Gasteiger partial charge in [0.2, 0.25) is 5.91 Å². The molecule has 24 heavy (non-hydrogen) atoms. The summed E-state index contributed by atoms with van der Waals surface area (Å²) in [4.78, 5) is 24.4. The van der Waals surface area contributed by atoms with Crippen LogP contribution in [0.3, 0.4) is 0 Å². The quantitative estimate of drug-likeness (QED) is 0.796. The minimum atomic E-state index is -1.05. The SMILES string of the molecule is COc1ccc(OC)c(NC(=O)[C@@H]2[C@H](C(=O)O)[C@H]3C=C[C@@]2(C)O3)c1. The van der Waals surface area contributed by atoms with Crippen molar-refractivity contribution in [2.24, 2.45) is 11.8 Å². The first kappa shape index (κ1) is 16.3. The molecule has 0 saturated carbocycles. The van der Waals surface area contributed by atoms with Crippen molar-refractivity contribution < 1.29 is 28.9 Å². The van der Waals surface area contributed by atoms with Gasteiger partial charge >= 0.3 is 5.97 Å². The van der Waals surface area contributed by atoms with E-state index in [9.17, 15) is 14.7 Å². The fourth-order valence-corrected chi connectivity index (χ4v) is 3.40. The molecule has 2 aliphatic heterocycles. The summed E-state index contributed by atoms with van der Waals surface area (Å²) in [6.07, 6.45) is 2.87. The molecule has 0 spiro atoms. The normalized spacial score (nSPS) is 30.2. The molecule has 3 rings (SSSR count). The fourth-order valence-electron chi connectivity index (χ4n) is 3.40. The van der Waals surface area contributed by atoms with E-state index in [0.29, 0.717) is 17.2 Å². The summed E-state index contributed by atoms with van der Waals surface area (Å²) in [5.41, 5.74) is -0.509. The lowest BCUT2D eigenvalue weighted by atomic mass is 9.75. The monoisotopic (exact) mass is 333 g/mol. The minimum Gasteiger partial charge on any atom is -0.497 e. The topological polar surface area (TPSA) is 94.1 Å². The molecule has 1 fully saturated rings. The predicted molar refractivity (Wildman–Crippen MR) is 85.2 cm³/mol. The van der Waals surface area contributed by atoms with Gasteiger partial charge in [0.05, 0.1) is 37.5 Å². The van der Waals surface area contributed by atoms with Crippen LogP contribution in [0.4, 0.5) is 5.69 Å². The maximum absolute atomic E-state index is 12.8. The number of carboxylic acids is 1. The highest BCUT2D eigenvalue weighted by Gasteiger charge is 2.59.